The lowest BCUT2D eigenvalue weighted by atomic mass is 10.0. The van der Waals surface area contributed by atoms with E-state index in [-0.39, 0.29) is 24.3 Å². The van der Waals surface area contributed by atoms with Crippen LogP contribution in [0.5, 0.6) is 11.5 Å². The van der Waals surface area contributed by atoms with Crippen LogP contribution in [0, 0.1) is 0 Å². The van der Waals surface area contributed by atoms with Gasteiger partial charge in [0.25, 0.3) is 5.91 Å². The van der Waals surface area contributed by atoms with Crippen molar-refractivity contribution < 1.29 is 23.5 Å². The first kappa shape index (κ1) is 22.2. The van der Waals surface area contributed by atoms with Crippen LogP contribution in [0.4, 0.5) is 0 Å². The zero-order valence-electron chi connectivity index (χ0n) is 17.3. The molecule has 2 amide bonds. The monoisotopic (exact) mass is 478 g/mol. The molecule has 0 saturated carbocycles. The highest BCUT2D eigenvalue weighted by atomic mass is 79.9. The molecule has 1 fully saturated rings. The van der Waals surface area contributed by atoms with Crippen molar-refractivity contribution in [2.24, 2.45) is 0 Å². The third-order valence-corrected chi connectivity index (χ3v) is 5.72. The van der Waals surface area contributed by atoms with Crippen molar-refractivity contribution in [1.29, 1.82) is 0 Å². The van der Waals surface area contributed by atoms with E-state index < -0.39 is 0 Å². The predicted molar refractivity (Wildman–Crippen MR) is 116 cm³/mol. The Morgan fingerprint density at radius 2 is 1.83 bits per heavy atom. The summed E-state index contributed by atoms with van der Waals surface area (Å²) in [4.78, 5) is 26.8. The predicted octanol–water partition coefficient (Wildman–Crippen LogP) is 3.80. The van der Waals surface area contributed by atoms with Crippen molar-refractivity contribution in [2.45, 2.75) is 39.2 Å². The molecule has 0 spiro atoms. The second-order valence-corrected chi connectivity index (χ2v) is 7.93. The van der Waals surface area contributed by atoms with Crippen molar-refractivity contribution in [3.63, 3.8) is 0 Å². The maximum absolute atomic E-state index is 12.6. The highest BCUT2D eigenvalue weighted by Gasteiger charge is 2.25. The number of carbonyl (C=O) groups excluding carboxylic acids is 2. The lowest BCUT2D eigenvalue weighted by Gasteiger charge is -2.32. The second-order valence-electron chi connectivity index (χ2n) is 7.08. The minimum atomic E-state index is -0.0538. The Balaban J connectivity index is 1.55. The zero-order chi connectivity index (χ0) is 21.5. The van der Waals surface area contributed by atoms with Gasteiger partial charge in [-0.15, -0.1) is 0 Å². The SMILES string of the molecule is CCOc1cc(Br)c(CC(=O)NC2CCN(C(=O)c3ccoc3)CC2)cc1OCC. The Hall–Kier alpha value is -2.48. The largest absolute Gasteiger partial charge is 0.490 e. The smallest absolute Gasteiger partial charge is 0.257 e. The Morgan fingerprint density at radius 3 is 2.43 bits per heavy atom. The number of ether oxygens (including phenoxy) is 2. The molecule has 0 atom stereocenters. The summed E-state index contributed by atoms with van der Waals surface area (Å²) in [5.41, 5.74) is 1.40. The Labute approximate surface area is 184 Å². The molecule has 30 heavy (non-hydrogen) atoms. The average molecular weight is 479 g/mol. The summed E-state index contributed by atoms with van der Waals surface area (Å²) < 4.78 is 17.1. The summed E-state index contributed by atoms with van der Waals surface area (Å²) in [5.74, 6) is 1.21. The van der Waals surface area contributed by atoms with Crippen LogP contribution < -0.4 is 14.8 Å². The van der Waals surface area contributed by atoms with Crippen molar-refractivity contribution in [2.75, 3.05) is 26.3 Å². The van der Waals surface area contributed by atoms with Crippen molar-refractivity contribution in [3.8, 4) is 11.5 Å². The molecule has 8 heteroatoms. The third kappa shape index (κ3) is 5.56. The first-order valence-corrected chi connectivity index (χ1v) is 11.0. The maximum Gasteiger partial charge on any atom is 0.257 e. The number of nitrogens with one attached hydrogen (secondary N) is 1. The van der Waals surface area contributed by atoms with Crippen LogP contribution in [-0.4, -0.2) is 49.1 Å². The molecule has 0 bridgehead atoms. The van der Waals surface area contributed by atoms with E-state index in [1.54, 1.807) is 11.0 Å². The number of rotatable bonds is 8. The van der Waals surface area contributed by atoms with E-state index in [4.69, 9.17) is 13.9 Å². The van der Waals surface area contributed by atoms with Gasteiger partial charge in [0.2, 0.25) is 5.91 Å². The van der Waals surface area contributed by atoms with Crippen molar-refractivity contribution >= 4 is 27.7 Å². The number of likely N-dealkylation sites (tertiary alicyclic amines) is 1. The Kier molecular flexibility index (Phi) is 7.79. The number of piperidine rings is 1. The standard InChI is InChI=1S/C22H27BrN2O5/c1-3-29-19-11-16(18(23)13-20(19)30-4-2)12-21(26)24-17-5-8-25(9-6-17)22(27)15-7-10-28-14-15/h7,10-11,13-14,17H,3-6,8-9,12H2,1-2H3,(H,24,26). The normalized spacial score (nSPS) is 14.4. The molecule has 0 radical (unpaired) electrons. The minimum absolute atomic E-state index is 0.0321. The summed E-state index contributed by atoms with van der Waals surface area (Å²) in [6, 6.07) is 5.42. The summed E-state index contributed by atoms with van der Waals surface area (Å²) in [7, 11) is 0. The van der Waals surface area contributed by atoms with E-state index in [1.165, 1.54) is 12.5 Å². The minimum Gasteiger partial charge on any atom is -0.490 e. The van der Waals surface area contributed by atoms with Gasteiger partial charge in [-0.1, -0.05) is 15.9 Å². The van der Waals surface area contributed by atoms with Crippen LogP contribution in [-0.2, 0) is 11.2 Å². The van der Waals surface area contributed by atoms with Crippen molar-refractivity contribution in [1.82, 2.24) is 10.2 Å². The molecule has 1 N–H and O–H groups in total. The summed E-state index contributed by atoms with van der Waals surface area (Å²) >= 11 is 3.53. The molecule has 1 aliphatic rings. The molecule has 0 unspecified atom stereocenters. The van der Waals surface area contributed by atoms with Crippen molar-refractivity contribution in [3.05, 3.63) is 46.3 Å². The summed E-state index contributed by atoms with van der Waals surface area (Å²) in [5, 5.41) is 3.09. The van der Waals surface area contributed by atoms with Gasteiger partial charge in [-0.05, 0) is 50.5 Å². The number of benzene rings is 1. The number of furan rings is 1. The summed E-state index contributed by atoms with van der Waals surface area (Å²) in [6.07, 6.45) is 4.65. The topological polar surface area (TPSA) is 81.0 Å². The zero-order valence-corrected chi connectivity index (χ0v) is 18.9. The van der Waals surface area contributed by atoms with E-state index in [9.17, 15) is 9.59 Å². The Bertz CT molecular complexity index is 861. The molecule has 162 valence electrons. The molecule has 1 aromatic heterocycles. The van der Waals surface area contributed by atoms with Gasteiger partial charge in [-0.3, -0.25) is 9.59 Å². The number of hydrogen-bond donors (Lipinski definition) is 1. The van der Waals surface area contributed by atoms with Gasteiger partial charge in [0.05, 0.1) is 31.5 Å². The third-order valence-electron chi connectivity index (χ3n) is 4.98. The van der Waals surface area contributed by atoms with Gasteiger partial charge in [0.15, 0.2) is 11.5 Å². The van der Waals surface area contributed by atoms with Gasteiger partial charge in [0.1, 0.15) is 6.26 Å². The number of hydrogen-bond acceptors (Lipinski definition) is 5. The highest BCUT2D eigenvalue weighted by molar-refractivity contribution is 9.10. The number of amides is 2. The van der Waals surface area contributed by atoms with E-state index in [1.807, 2.05) is 26.0 Å². The van der Waals surface area contributed by atoms with E-state index in [0.29, 0.717) is 43.4 Å². The molecule has 2 heterocycles. The van der Waals surface area contributed by atoms with Gasteiger partial charge in [-0.25, -0.2) is 0 Å². The quantitative estimate of drug-likeness (QED) is 0.623. The van der Waals surface area contributed by atoms with Crippen LogP contribution in [0.15, 0.2) is 39.6 Å². The average Bonchev–Trinajstić information content (AvgIpc) is 3.26. The number of halogens is 1. The number of nitrogens with zero attached hydrogens (tertiary/aromatic N) is 1. The molecule has 2 aromatic rings. The molecule has 1 aromatic carbocycles. The number of carbonyl (C=O) groups is 2. The molecule has 3 rings (SSSR count). The summed E-state index contributed by atoms with van der Waals surface area (Å²) in [6.45, 7) is 6.09. The van der Waals surface area contributed by atoms with Crippen LogP contribution >= 0.6 is 15.9 Å². The van der Waals surface area contributed by atoms with Gasteiger partial charge >= 0.3 is 0 Å². The van der Waals surface area contributed by atoms with Crippen LogP contribution in [0.3, 0.4) is 0 Å². The van der Waals surface area contributed by atoms with Crippen LogP contribution in [0.1, 0.15) is 42.6 Å². The van der Waals surface area contributed by atoms with E-state index in [0.717, 1.165) is 22.9 Å². The highest BCUT2D eigenvalue weighted by Crippen LogP contribution is 2.34. The maximum atomic E-state index is 12.6. The lowest BCUT2D eigenvalue weighted by molar-refractivity contribution is -0.121. The van der Waals surface area contributed by atoms with Gasteiger partial charge in [0, 0.05) is 23.6 Å². The van der Waals surface area contributed by atoms with Gasteiger partial charge < -0.3 is 24.1 Å². The van der Waals surface area contributed by atoms with E-state index in [2.05, 4.69) is 21.2 Å². The van der Waals surface area contributed by atoms with Gasteiger partial charge in [-0.2, -0.15) is 0 Å². The molecule has 1 aliphatic heterocycles. The molecular formula is C22H27BrN2O5. The fourth-order valence-electron chi connectivity index (χ4n) is 3.50. The molecular weight excluding hydrogens is 452 g/mol. The Morgan fingerprint density at radius 1 is 1.17 bits per heavy atom. The van der Waals surface area contributed by atoms with Crippen LogP contribution in [0.2, 0.25) is 0 Å². The molecule has 1 saturated heterocycles. The molecule has 0 aliphatic carbocycles. The second kappa shape index (κ2) is 10.5. The van der Waals surface area contributed by atoms with Crippen LogP contribution in [0.25, 0.3) is 0 Å². The first-order chi connectivity index (χ1) is 14.5. The lowest BCUT2D eigenvalue weighted by Crippen LogP contribution is -2.46. The first-order valence-electron chi connectivity index (χ1n) is 10.2. The molecule has 7 nitrogen and oxygen atoms in total. The fourth-order valence-corrected chi connectivity index (χ4v) is 3.96. The van der Waals surface area contributed by atoms with E-state index >= 15 is 0 Å². The fraction of sp³-hybridized carbons (Fsp3) is 0.455.